The molecule has 36 heavy (non-hydrogen) atoms. The summed E-state index contributed by atoms with van der Waals surface area (Å²) in [6.45, 7) is 6.03. The van der Waals surface area contributed by atoms with E-state index in [2.05, 4.69) is 49.5 Å². The number of benzene rings is 2. The molecular weight excluding hydrogens is 499 g/mol. The number of nitrogens with one attached hydrogen (secondary N) is 2. The summed E-state index contributed by atoms with van der Waals surface area (Å²) in [5.74, 6) is 0.370. The Kier molecular flexibility index (Phi) is 5.75. The number of anilines is 3. The van der Waals surface area contributed by atoms with Gasteiger partial charge < -0.3 is 15.5 Å². The number of halogens is 2. The Labute approximate surface area is 216 Å². The first-order chi connectivity index (χ1) is 17.5. The molecule has 182 valence electrons. The standard InChI is InChI=1S/C25H22Cl2N8O/c1-15-13-16(5-6-20(15)33-10-7-28-8-11-33)31-25-30-14-17-21(32-25)23-29-9-12-34(23)35(24(17)36)22-18(26)3-2-4-19(22)27/h2-6,9,12-14,28H,7-8,10-11H2,1H3,(H,30,31,32). The second kappa shape index (κ2) is 9.09. The molecule has 1 aliphatic heterocycles. The van der Waals surface area contributed by atoms with E-state index in [4.69, 9.17) is 23.2 Å². The first-order valence-corrected chi connectivity index (χ1v) is 12.3. The molecular formula is C25H22Cl2N8O. The minimum Gasteiger partial charge on any atom is -0.369 e. The molecule has 1 aliphatic rings. The Bertz CT molecular complexity index is 1650. The van der Waals surface area contributed by atoms with Crippen LogP contribution in [0, 0.1) is 6.92 Å². The predicted molar refractivity (Wildman–Crippen MR) is 143 cm³/mol. The lowest BCUT2D eigenvalue weighted by Crippen LogP contribution is -2.43. The molecule has 9 nitrogen and oxygen atoms in total. The van der Waals surface area contributed by atoms with Crippen molar-refractivity contribution in [2.45, 2.75) is 6.92 Å². The van der Waals surface area contributed by atoms with Crippen molar-refractivity contribution >= 4 is 57.1 Å². The molecule has 0 radical (unpaired) electrons. The summed E-state index contributed by atoms with van der Waals surface area (Å²) >= 11 is 12.8. The molecule has 2 N–H and O–H groups in total. The summed E-state index contributed by atoms with van der Waals surface area (Å²) in [7, 11) is 0. The van der Waals surface area contributed by atoms with Gasteiger partial charge in [0.2, 0.25) is 5.95 Å². The van der Waals surface area contributed by atoms with Gasteiger partial charge in [0.15, 0.2) is 5.65 Å². The van der Waals surface area contributed by atoms with Crippen molar-refractivity contribution in [3.8, 4) is 5.69 Å². The van der Waals surface area contributed by atoms with Crippen LogP contribution in [0.15, 0.2) is 59.8 Å². The van der Waals surface area contributed by atoms with Gasteiger partial charge in [-0.3, -0.25) is 4.79 Å². The molecule has 0 bridgehead atoms. The molecule has 0 saturated carbocycles. The number of nitrogens with zero attached hydrogens (tertiary/aromatic N) is 6. The number of rotatable bonds is 4. The molecule has 0 unspecified atom stereocenters. The molecule has 3 aromatic heterocycles. The van der Waals surface area contributed by atoms with Crippen LogP contribution < -0.4 is 21.1 Å². The largest absolute Gasteiger partial charge is 0.369 e. The maximum Gasteiger partial charge on any atom is 0.281 e. The van der Waals surface area contributed by atoms with Crippen molar-refractivity contribution in [1.82, 2.24) is 29.5 Å². The number of aryl methyl sites for hydroxylation is 1. The fourth-order valence-electron chi connectivity index (χ4n) is 4.63. The summed E-state index contributed by atoms with van der Waals surface area (Å²) in [6.07, 6.45) is 4.77. The van der Waals surface area contributed by atoms with Crippen LogP contribution >= 0.6 is 23.2 Å². The van der Waals surface area contributed by atoms with E-state index in [9.17, 15) is 4.79 Å². The van der Waals surface area contributed by atoms with E-state index in [1.807, 2.05) is 6.07 Å². The molecule has 5 aromatic rings. The van der Waals surface area contributed by atoms with Gasteiger partial charge in [-0.15, -0.1) is 0 Å². The van der Waals surface area contributed by atoms with Crippen LogP contribution in [0.3, 0.4) is 0 Å². The van der Waals surface area contributed by atoms with Crippen molar-refractivity contribution in [1.29, 1.82) is 0 Å². The molecule has 11 heteroatoms. The summed E-state index contributed by atoms with van der Waals surface area (Å²) in [5, 5.41) is 7.64. The van der Waals surface area contributed by atoms with Crippen LogP contribution in [0.4, 0.5) is 17.3 Å². The van der Waals surface area contributed by atoms with Gasteiger partial charge >= 0.3 is 0 Å². The van der Waals surface area contributed by atoms with Crippen molar-refractivity contribution in [3.63, 3.8) is 0 Å². The molecule has 0 atom stereocenters. The Morgan fingerprint density at radius 2 is 1.83 bits per heavy atom. The van der Waals surface area contributed by atoms with Crippen molar-refractivity contribution in [2.24, 2.45) is 0 Å². The lowest BCUT2D eigenvalue weighted by atomic mass is 10.1. The molecule has 0 amide bonds. The Morgan fingerprint density at radius 3 is 2.58 bits per heavy atom. The Morgan fingerprint density at radius 1 is 1.06 bits per heavy atom. The third kappa shape index (κ3) is 3.85. The highest BCUT2D eigenvalue weighted by atomic mass is 35.5. The van der Waals surface area contributed by atoms with Gasteiger partial charge in [-0.2, -0.15) is 0 Å². The van der Waals surface area contributed by atoms with Gasteiger partial charge in [-0.1, -0.05) is 29.3 Å². The lowest BCUT2D eigenvalue weighted by Gasteiger charge is -2.30. The number of piperazine rings is 1. The third-order valence-electron chi connectivity index (χ3n) is 6.32. The highest BCUT2D eigenvalue weighted by Gasteiger charge is 2.19. The van der Waals surface area contributed by atoms with E-state index in [0.29, 0.717) is 38.2 Å². The summed E-state index contributed by atoms with van der Waals surface area (Å²) in [6, 6.07) is 11.3. The Balaban J connectivity index is 1.41. The van der Waals surface area contributed by atoms with E-state index in [0.717, 1.165) is 37.4 Å². The van der Waals surface area contributed by atoms with Crippen LogP contribution in [0.5, 0.6) is 0 Å². The average molecular weight is 521 g/mol. The van der Waals surface area contributed by atoms with E-state index in [1.54, 1.807) is 35.1 Å². The SMILES string of the molecule is Cc1cc(Nc2ncc3c(=O)n(-c4c(Cl)cccc4Cl)n4ccnc4c3n2)ccc1N1CCNCC1. The second-order valence-corrected chi connectivity index (χ2v) is 9.42. The monoisotopic (exact) mass is 520 g/mol. The van der Waals surface area contributed by atoms with Gasteiger partial charge in [0, 0.05) is 56.1 Å². The fourth-order valence-corrected chi connectivity index (χ4v) is 5.19. The zero-order valence-electron chi connectivity index (χ0n) is 19.4. The van der Waals surface area contributed by atoms with Gasteiger partial charge in [-0.25, -0.2) is 24.1 Å². The van der Waals surface area contributed by atoms with E-state index in [-0.39, 0.29) is 5.56 Å². The lowest BCUT2D eigenvalue weighted by molar-refractivity contribution is 0.588. The Hall–Kier alpha value is -3.66. The predicted octanol–water partition coefficient (Wildman–Crippen LogP) is 4.20. The van der Waals surface area contributed by atoms with E-state index >= 15 is 0 Å². The highest BCUT2D eigenvalue weighted by Crippen LogP contribution is 2.29. The zero-order valence-corrected chi connectivity index (χ0v) is 20.9. The van der Waals surface area contributed by atoms with Gasteiger partial charge in [0.05, 0.1) is 15.4 Å². The van der Waals surface area contributed by atoms with Crippen LogP contribution in [0.25, 0.3) is 22.2 Å². The molecule has 1 fully saturated rings. The highest BCUT2D eigenvalue weighted by molar-refractivity contribution is 6.37. The van der Waals surface area contributed by atoms with Crippen LogP contribution in [0.2, 0.25) is 10.0 Å². The zero-order chi connectivity index (χ0) is 24.8. The number of aromatic nitrogens is 5. The number of hydrogen-bond donors (Lipinski definition) is 2. The van der Waals surface area contributed by atoms with Crippen LogP contribution in [-0.4, -0.2) is 50.3 Å². The van der Waals surface area contributed by atoms with Gasteiger partial charge in [0.25, 0.3) is 5.56 Å². The average Bonchev–Trinajstić information content (AvgIpc) is 3.36. The molecule has 1 saturated heterocycles. The quantitative estimate of drug-likeness (QED) is 0.366. The molecule has 6 rings (SSSR count). The number of imidazole rings is 1. The number of para-hydroxylation sites is 1. The summed E-state index contributed by atoms with van der Waals surface area (Å²) in [5.41, 5.74) is 4.18. The molecule has 2 aromatic carbocycles. The minimum absolute atomic E-state index is 0.306. The minimum atomic E-state index is -0.353. The maximum absolute atomic E-state index is 13.5. The maximum atomic E-state index is 13.5. The second-order valence-electron chi connectivity index (χ2n) is 8.60. The summed E-state index contributed by atoms with van der Waals surface area (Å²) < 4.78 is 2.99. The molecule has 0 aliphatic carbocycles. The molecule has 0 spiro atoms. The first kappa shape index (κ1) is 22.8. The fraction of sp³-hybridized carbons (Fsp3) is 0.200. The van der Waals surface area contributed by atoms with E-state index < -0.39 is 0 Å². The first-order valence-electron chi connectivity index (χ1n) is 11.5. The van der Waals surface area contributed by atoms with E-state index in [1.165, 1.54) is 16.6 Å². The van der Waals surface area contributed by atoms with Crippen molar-refractivity contribution in [2.75, 3.05) is 36.4 Å². The molecule has 4 heterocycles. The van der Waals surface area contributed by atoms with Crippen LogP contribution in [0.1, 0.15) is 5.56 Å². The summed E-state index contributed by atoms with van der Waals surface area (Å²) in [4.78, 5) is 29.4. The van der Waals surface area contributed by atoms with Crippen LogP contribution in [-0.2, 0) is 0 Å². The third-order valence-corrected chi connectivity index (χ3v) is 6.93. The number of hydrogen-bond acceptors (Lipinski definition) is 7. The van der Waals surface area contributed by atoms with Crippen molar-refractivity contribution < 1.29 is 0 Å². The normalized spacial score (nSPS) is 14.0. The van der Waals surface area contributed by atoms with Crippen molar-refractivity contribution in [3.05, 3.63) is 81.0 Å². The van der Waals surface area contributed by atoms with Gasteiger partial charge in [-0.05, 0) is 42.8 Å². The van der Waals surface area contributed by atoms with Gasteiger partial charge in [0.1, 0.15) is 11.2 Å². The smallest absolute Gasteiger partial charge is 0.281 e. The topological polar surface area (TPSA) is 92.4 Å². The number of fused-ring (bicyclic) bond motifs is 3.